The van der Waals surface area contributed by atoms with E-state index in [1.807, 2.05) is 12.1 Å². The van der Waals surface area contributed by atoms with Crippen molar-refractivity contribution in [2.75, 3.05) is 0 Å². The number of rotatable bonds is 4. The highest BCUT2D eigenvalue weighted by Crippen LogP contribution is 2.29. The minimum Gasteiger partial charge on any atom is -0.307 e. The summed E-state index contributed by atoms with van der Waals surface area (Å²) in [6.45, 7) is 1.06. The third kappa shape index (κ3) is 4.31. The average Bonchev–Trinajstić information content (AvgIpc) is 2.41. The van der Waals surface area contributed by atoms with Gasteiger partial charge in [-0.1, -0.05) is 12.1 Å². The van der Waals surface area contributed by atoms with Crippen LogP contribution < -0.4 is 5.32 Å². The second-order valence-corrected chi connectivity index (χ2v) is 5.18. The number of nitrogens with one attached hydrogen (secondary N) is 1. The van der Waals surface area contributed by atoms with Crippen molar-refractivity contribution in [2.24, 2.45) is 0 Å². The van der Waals surface area contributed by atoms with Gasteiger partial charge in [0.05, 0.1) is 11.3 Å². The molecular formula is C14H12BrF3N2. The first kappa shape index (κ1) is 15.0. The minimum absolute atomic E-state index is 0.496. The molecule has 0 bridgehead atoms. The molecule has 1 aromatic carbocycles. The van der Waals surface area contributed by atoms with Crippen LogP contribution >= 0.6 is 15.9 Å². The highest BCUT2D eigenvalue weighted by atomic mass is 79.9. The third-order valence-corrected chi connectivity index (χ3v) is 3.17. The van der Waals surface area contributed by atoms with E-state index in [9.17, 15) is 13.2 Å². The predicted molar refractivity (Wildman–Crippen MR) is 73.9 cm³/mol. The van der Waals surface area contributed by atoms with Crippen molar-refractivity contribution in [1.29, 1.82) is 0 Å². The van der Waals surface area contributed by atoms with Crippen molar-refractivity contribution in [1.82, 2.24) is 10.3 Å². The maximum Gasteiger partial charge on any atom is 0.416 e. The summed E-state index contributed by atoms with van der Waals surface area (Å²) in [4.78, 5) is 4.20. The molecule has 1 heterocycles. The number of pyridine rings is 1. The molecule has 0 saturated carbocycles. The van der Waals surface area contributed by atoms with Gasteiger partial charge in [-0.05, 0) is 45.8 Å². The Bertz CT molecular complexity index is 550. The SMILES string of the molecule is FC(F)(F)c1ccc(CNCc2ccc(Br)cn2)cc1. The van der Waals surface area contributed by atoms with Crippen molar-refractivity contribution in [2.45, 2.75) is 19.3 Å². The summed E-state index contributed by atoms with van der Waals surface area (Å²) >= 11 is 3.30. The molecule has 0 unspecified atom stereocenters. The van der Waals surface area contributed by atoms with Gasteiger partial charge in [-0.2, -0.15) is 13.2 Å². The second kappa shape index (κ2) is 6.37. The molecule has 0 fully saturated rings. The summed E-state index contributed by atoms with van der Waals surface area (Å²) in [5.41, 5.74) is 1.05. The zero-order valence-corrected chi connectivity index (χ0v) is 12.0. The number of nitrogens with zero attached hydrogens (tertiary/aromatic N) is 1. The lowest BCUT2D eigenvalue weighted by atomic mass is 10.1. The van der Waals surface area contributed by atoms with Crippen molar-refractivity contribution in [3.63, 3.8) is 0 Å². The molecule has 0 radical (unpaired) electrons. The summed E-state index contributed by atoms with van der Waals surface area (Å²) < 4.78 is 38.1. The van der Waals surface area contributed by atoms with E-state index in [2.05, 4.69) is 26.2 Å². The average molecular weight is 345 g/mol. The van der Waals surface area contributed by atoms with E-state index in [1.165, 1.54) is 12.1 Å². The Labute approximate surface area is 123 Å². The van der Waals surface area contributed by atoms with Gasteiger partial charge in [-0.15, -0.1) is 0 Å². The fourth-order valence-electron chi connectivity index (χ4n) is 1.66. The number of benzene rings is 1. The number of hydrogen-bond acceptors (Lipinski definition) is 2. The molecule has 20 heavy (non-hydrogen) atoms. The smallest absolute Gasteiger partial charge is 0.307 e. The zero-order valence-electron chi connectivity index (χ0n) is 10.4. The lowest BCUT2D eigenvalue weighted by Gasteiger charge is -2.08. The molecular weight excluding hydrogens is 333 g/mol. The highest BCUT2D eigenvalue weighted by molar-refractivity contribution is 9.10. The molecule has 0 amide bonds. The second-order valence-electron chi connectivity index (χ2n) is 4.27. The topological polar surface area (TPSA) is 24.9 Å². The van der Waals surface area contributed by atoms with E-state index in [1.54, 1.807) is 6.20 Å². The molecule has 1 aromatic heterocycles. The van der Waals surface area contributed by atoms with Gasteiger partial charge in [0.1, 0.15) is 0 Å². The third-order valence-electron chi connectivity index (χ3n) is 2.71. The number of hydrogen-bond donors (Lipinski definition) is 1. The number of halogens is 4. The number of alkyl halides is 3. The van der Waals surface area contributed by atoms with Crippen molar-refractivity contribution in [3.8, 4) is 0 Å². The van der Waals surface area contributed by atoms with Crippen LogP contribution in [0, 0.1) is 0 Å². The molecule has 0 saturated heterocycles. The summed E-state index contributed by atoms with van der Waals surface area (Å²) in [5, 5.41) is 3.14. The van der Waals surface area contributed by atoms with E-state index < -0.39 is 11.7 Å². The molecule has 0 aliphatic rings. The predicted octanol–water partition coefficient (Wildman–Crippen LogP) is 4.15. The summed E-state index contributed by atoms with van der Waals surface area (Å²) in [6, 6.07) is 8.91. The van der Waals surface area contributed by atoms with Crippen LogP contribution in [0.1, 0.15) is 16.8 Å². The first-order chi connectivity index (χ1) is 9.45. The fraction of sp³-hybridized carbons (Fsp3) is 0.214. The molecule has 0 atom stereocenters. The minimum atomic E-state index is -4.28. The first-order valence-corrected chi connectivity index (χ1v) is 6.72. The summed E-state index contributed by atoms with van der Waals surface area (Å²) in [6.07, 6.45) is -2.58. The zero-order chi connectivity index (χ0) is 14.6. The van der Waals surface area contributed by atoms with Gasteiger partial charge in [-0.25, -0.2) is 0 Å². The normalized spacial score (nSPS) is 11.6. The van der Waals surface area contributed by atoms with E-state index in [0.717, 1.165) is 27.9 Å². The molecule has 0 aliphatic heterocycles. The highest BCUT2D eigenvalue weighted by Gasteiger charge is 2.29. The Morgan fingerprint density at radius 1 is 1.00 bits per heavy atom. The van der Waals surface area contributed by atoms with E-state index in [0.29, 0.717) is 13.1 Å². The Hall–Kier alpha value is -1.40. The van der Waals surface area contributed by atoms with E-state index in [4.69, 9.17) is 0 Å². The Morgan fingerprint density at radius 3 is 2.25 bits per heavy atom. The van der Waals surface area contributed by atoms with Crippen LogP contribution in [0.15, 0.2) is 47.1 Å². The Morgan fingerprint density at radius 2 is 1.70 bits per heavy atom. The lowest BCUT2D eigenvalue weighted by molar-refractivity contribution is -0.137. The van der Waals surface area contributed by atoms with Gasteiger partial charge < -0.3 is 5.32 Å². The van der Waals surface area contributed by atoms with E-state index in [-0.39, 0.29) is 0 Å². The maximum atomic E-state index is 12.4. The quantitative estimate of drug-likeness (QED) is 0.900. The Kier molecular flexibility index (Phi) is 4.77. The van der Waals surface area contributed by atoms with Crippen LogP contribution in [0.2, 0.25) is 0 Å². The Balaban J connectivity index is 1.87. The molecule has 2 aromatic rings. The van der Waals surface area contributed by atoms with Crippen molar-refractivity contribution < 1.29 is 13.2 Å². The largest absolute Gasteiger partial charge is 0.416 e. The monoisotopic (exact) mass is 344 g/mol. The van der Waals surface area contributed by atoms with Crippen LogP contribution in [0.5, 0.6) is 0 Å². The molecule has 1 N–H and O–H groups in total. The van der Waals surface area contributed by atoms with Crippen LogP contribution in [-0.4, -0.2) is 4.98 Å². The van der Waals surface area contributed by atoms with Gasteiger partial charge in [0, 0.05) is 23.8 Å². The van der Waals surface area contributed by atoms with Crippen LogP contribution in [0.4, 0.5) is 13.2 Å². The van der Waals surface area contributed by atoms with Crippen molar-refractivity contribution >= 4 is 15.9 Å². The van der Waals surface area contributed by atoms with Gasteiger partial charge in [-0.3, -0.25) is 4.98 Å². The summed E-state index contributed by atoms with van der Waals surface area (Å²) in [7, 11) is 0. The molecule has 106 valence electrons. The van der Waals surface area contributed by atoms with Crippen molar-refractivity contribution in [3.05, 3.63) is 63.9 Å². The van der Waals surface area contributed by atoms with Gasteiger partial charge in [0.15, 0.2) is 0 Å². The van der Waals surface area contributed by atoms with Crippen LogP contribution in [0.25, 0.3) is 0 Å². The first-order valence-electron chi connectivity index (χ1n) is 5.92. The molecule has 2 rings (SSSR count). The molecule has 2 nitrogen and oxygen atoms in total. The molecule has 6 heteroatoms. The lowest BCUT2D eigenvalue weighted by Crippen LogP contribution is -2.14. The van der Waals surface area contributed by atoms with Gasteiger partial charge in [0.25, 0.3) is 0 Å². The number of aromatic nitrogens is 1. The van der Waals surface area contributed by atoms with Gasteiger partial charge in [0.2, 0.25) is 0 Å². The van der Waals surface area contributed by atoms with E-state index >= 15 is 0 Å². The summed E-state index contributed by atoms with van der Waals surface area (Å²) in [5.74, 6) is 0. The fourth-order valence-corrected chi connectivity index (χ4v) is 1.89. The van der Waals surface area contributed by atoms with Crippen LogP contribution in [-0.2, 0) is 19.3 Å². The molecule has 0 spiro atoms. The van der Waals surface area contributed by atoms with Gasteiger partial charge >= 0.3 is 6.18 Å². The van der Waals surface area contributed by atoms with Crippen LogP contribution in [0.3, 0.4) is 0 Å². The standard InChI is InChI=1S/C14H12BrF3N2/c15-12-5-6-13(20-8-12)9-19-7-10-1-3-11(4-2-10)14(16,17)18/h1-6,8,19H,7,9H2. The maximum absolute atomic E-state index is 12.4. The molecule has 0 aliphatic carbocycles.